The van der Waals surface area contributed by atoms with Crippen LogP contribution in [-0.4, -0.2) is 31.1 Å². The summed E-state index contributed by atoms with van der Waals surface area (Å²) in [5.74, 6) is 0.990. The van der Waals surface area contributed by atoms with Crippen molar-refractivity contribution in [2.24, 2.45) is 9.98 Å². The summed E-state index contributed by atoms with van der Waals surface area (Å²) in [7, 11) is 3.25. The summed E-state index contributed by atoms with van der Waals surface area (Å²) >= 11 is 7.17. The van der Waals surface area contributed by atoms with Gasteiger partial charge in [0.1, 0.15) is 5.82 Å². The predicted octanol–water partition coefficient (Wildman–Crippen LogP) is 5.06. The van der Waals surface area contributed by atoms with Gasteiger partial charge in [-0.25, -0.2) is 9.38 Å². The summed E-state index contributed by atoms with van der Waals surface area (Å²) in [4.78, 5) is 8.62. The summed E-state index contributed by atoms with van der Waals surface area (Å²) in [6, 6.07) is 10.3. The molecule has 158 valence electrons. The lowest BCUT2D eigenvalue weighted by molar-refractivity contribution is 0.354. The van der Waals surface area contributed by atoms with E-state index >= 15 is 0 Å². The number of nitrogens with one attached hydrogen (secondary N) is 2. The van der Waals surface area contributed by atoms with Crippen molar-refractivity contribution in [1.82, 2.24) is 5.32 Å². The van der Waals surface area contributed by atoms with Gasteiger partial charge in [0.15, 0.2) is 21.8 Å². The van der Waals surface area contributed by atoms with E-state index < -0.39 is 5.82 Å². The second kappa shape index (κ2) is 10.4. The van der Waals surface area contributed by atoms with Crippen LogP contribution in [0.25, 0.3) is 0 Å². The molecular formula is C21H22ClFN4O2S. The fourth-order valence-electron chi connectivity index (χ4n) is 2.62. The number of aliphatic imine (C=N–C) groups is 2. The zero-order chi connectivity index (χ0) is 21.5. The standard InChI is InChI=1S/C21H22ClFN4O2S/c1-13(24-9-8-14-4-7-18(28-2)19(10-14)29-3)12-25-20-27-21(30-20)26-15-5-6-17(23)16(22)11-15/h4-7,10-12,24H,8-9H2,1-3H3,(H,25,26,27). The molecule has 0 unspecified atom stereocenters. The average molecular weight is 449 g/mol. The monoisotopic (exact) mass is 448 g/mol. The van der Waals surface area contributed by atoms with Gasteiger partial charge in [0.25, 0.3) is 0 Å². The number of amidine groups is 2. The molecule has 0 radical (unpaired) electrons. The molecule has 1 heterocycles. The van der Waals surface area contributed by atoms with Gasteiger partial charge in [-0.2, -0.15) is 4.99 Å². The van der Waals surface area contributed by atoms with Crippen molar-refractivity contribution in [1.29, 1.82) is 0 Å². The zero-order valence-corrected chi connectivity index (χ0v) is 18.4. The van der Waals surface area contributed by atoms with Crippen LogP contribution in [0.15, 0.2) is 58.3 Å². The molecule has 0 atom stereocenters. The first kappa shape index (κ1) is 22.0. The molecule has 0 amide bonds. The topological polar surface area (TPSA) is 67.2 Å². The minimum Gasteiger partial charge on any atom is -0.493 e. The Hall–Kier alpha value is -2.71. The molecule has 0 bridgehead atoms. The fraction of sp³-hybridized carbons (Fsp3) is 0.238. The van der Waals surface area contributed by atoms with E-state index in [4.69, 9.17) is 21.1 Å². The first-order valence-corrected chi connectivity index (χ1v) is 10.4. The number of anilines is 1. The Morgan fingerprint density at radius 1 is 1.20 bits per heavy atom. The van der Waals surface area contributed by atoms with Crippen molar-refractivity contribution in [2.45, 2.75) is 13.3 Å². The highest BCUT2D eigenvalue weighted by Crippen LogP contribution is 2.28. The molecular weight excluding hydrogens is 427 g/mol. The van der Waals surface area contributed by atoms with Gasteiger partial charge < -0.3 is 20.1 Å². The van der Waals surface area contributed by atoms with Gasteiger partial charge in [0.2, 0.25) is 0 Å². The van der Waals surface area contributed by atoms with E-state index in [0.29, 0.717) is 16.0 Å². The highest BCUT2D eigenvalue weighted by Gasteiger charge is 2.17. The van der Waals surface area contributed by atoms with Crippen molar-refractivity contribution in [3.63, 3.8) is 0 Å². The lowest BCUT2D eigenvalue weighted by atomic mass is 10.1. The summed E-state index contributed by atoms with van der Waals surface area (Å²) in [6.45, 7) is 2.71. The van der Waals surface area contributed by atoms with Crippen LogP contribution in [0.4, 0.5) is 10.1 Å². The molecule has 0 saturated carbocycles. The Kier molecular flexibility index (Phi) is 7.59. The zero-order valence-electron chi connectivity index (χ0n) is 16.8. The molecule has 1 aliphatic rings. The van der Waals surface area contributed by atoms with E-state index in [9.17, 15) is 4.39 Å². The van der Waals surface area contributed by atoms with E-state index in [1.54, 1.807) is 26.5 Å². The Morgan fingerprint density at radius 2 is 1.97 bits per heavy atom. The molecule has 2 N–H and O–H groups in total. The third-order valence-electron chi connectivity index (χ3n) is 4.19. The van der Waals surface area contributed by atoms with E-state index in [0.717, 1.165) is 35.7 Å². The van der Waals surface area contributed by atoms with Crippen LogP contribution in [0.1, 0.15) is 12.5 Å². The van der Waals surface area contributed by atoms with Gasteiger partial charge in [0, 0.05) is 24.1 Å². The quantitative estimate of drug-likeness (QED) is 0.590. The van der Waals surface area contributed by atoms with Crippen LogP contribution < -0.4 is 20.1 Å². The highest BCUT2D eigenvalue weighted by atomic mass is 35.5. The number of rotatable bonds is 8. The third kappa shape index (κ3) is 5.90. The van der Waals surface area contributed by atoms with Gasteiger partial charge in [0.05, 0.1) is 19.2 Å². The first-order chi connectivity index (χ1) is 14.5. The number of hydrogen-bond donors (Lipinski definition) is 2. The van der Waals surface area contributed by atoms with Crippen LogP contribution >= 0.6 is 23.4 Å². The van der Waals surface area contributed by atoms with Gasteiger partial charge in [-0.1, -0.05) is 17.7 Å². The van der Waals surface area contributed by atoms with Crippen molar-refractivity contribution < 1.29 is 13.9 Å². The Labute approximate surface area is 184 Å². The smallest absolute Gasteiger partial charge is 0.197 e. The second-order valence-corrected chi connectivity index (χ2v) is 7.73. The van der Waals surface area contributed by atoms with Crippen molar-refractivity contribution in [3.8, 4) is 11.5 Å². The average Bonchev–Trinajstić information content (AvgIpc) is 2.72. The molecule has 0 aromatic heterocycles. The maximum atomic E-state index is 13.2. The van der Waals surface area contributed by atoms with Gasteiger partial charge in [-0.15, -0.1) is 0 Å². The second-order valence-electron chi connectivity index (χ2n) is 6.36. The number of nitrogens with zero attached hydrogens (tertiary/aromatic N) is 2. The predicted molar refractivity (Wildman–Crippen MR) is 123 cm³/mol. The summed E-state index contributed by atoms with van der Waals surface area (Å²) in [5.41, 5.74) is 2.76. The molecule has 2 aromatic carbocycles. The molecule has 0 saturated heterocycles. The SMILES string of the molecule is COc1ccc(CCNC(C)=CN=C2N=C(Nc3ccc(F)c(Cl)c3)S2)cc1OC. The van der Waals surface area contributed by atoms with Crippen molar-refractivity contribution >= 4 is 39.4 Å². The summed E-state index contributed by atoms with van der Waals surface area (Å²) in [6.07, 6.45) is 2.58. The number of allylic oxidation sites excluding steroid dienone is 1. The molecule has 0 fully saturated rings. The van der Waals surface area contributed by atoms with Crippen LogP contribution in [0.3, 0.4) is 0 Å². The normalized spacial score (nSPS) is 14.8. The number of benzene rings is 2. The molecule has 0 aliphatic carbocycles. The van der Waals surface area contributed by atoms with Crippen LogP contribution in [-0.2, 0) is 6.42 Å². The Bertz CT molecular complexity index is 1010. The van der Waals surface area contributed by atoms with Crippen molar-refractivity contribution in [3.05, 3.63) is 64.7 Å². The third-order valence-corrected chi connectivity index (χ3v) is 5.25. The molecule has 30 heavy (non-hydrogen) atoms. The Morgan fingerprint density at radius 3 is 2.67 bits per heavy atom. The number of thioether (sulfide) groups is 1. The van der Waals surface area contributed by atoms with E-state index in [2.05, 4.69) is 20.6 Å². The number of ether oxygens (including phenoxy) is 2. The lowest BCUT2D eigenvalue weighted by Crippen LogP contribution is -2.19. The van der Waals surface area contributed by atoms with Crippen LogP contribution in [0.5, 0.6) is 11.5 Å². The van der Waals surface area contributed by atoms with Crippen molar-refractivity contribution in [2.75, 3.05) is 26.1 Å². The van der Waals surface area contributed by atoms with Crippen LogP contribution in [0.2, 0.25) is 5.02 Å². The summed E-state index contributed by atoms with van der Waals surface area (Å²) in [5, 5.41) is 7.78. The fourth-order valence-corrected chi connectivity index (χ4v) is 3.39. The van der Waals surface area contributed by atoms with E-state index in [1.165, 1.54) is 23.9 Å². The maximum Gasteiger partial charge on any atom is 0.197 e. The Balaban J connectivity index is 1.46. The largest absolute Gasteiger partial charge is 0.493 e. The maximum absolute atomic E-state index is 13.2. The molecule has 1 aliphatic heterocycles. The number of methoxy groups -OCH3 is 2. The van der Waals surface area contributed by atoms with Gasteiger partial charge >= 0.3 is 0 Å². The minimum atomic E-state index is -0.452. The van der Waals surface area contributed by atoms with Crippen LogP contribution in [0, 0.1) is 5.82 Å². The first-order valence-electron chi connectivity index (χ1n) is 9.16. The van der Waals surface area contributed by atoms with Gasteiger partial charge in [-0.3, -0.25) is 0 Å². The molecule has 6 nitrogen and oxygen atoms in total. The molecule has 2 aromatic rings. The molecule has 0 spiro atoms. The highest BCUT2D eigenvalue weighted by molar-refractivity contribution is 8.29. The summed E-state index contributed by atoms with van der Waals surface area (Å²) < 4.78 is 23.8. The van der Waals surface area contributed by atoms with E-state index in [-0.39, 0.29) is 5.02 Å². The minimum absolute atomic E-state index is 0.0662. The molecule has 9 heteroatoms. The molecule has 3 rings (SSSR count). The van der Waals surface area contributed by atoms with Gasteiger partial charge in [-0.05, 0) is 61.0 Å². The lowest BCUT2D eigenvalue weighted by Gasteiger charge is -2.16. The number of hydrogen-bond acceptors (Lipinski definition) is 6. The number of halogens is 2. The van der Waals surface area contributed by atoms with E-state index in [1.807, 2.05) is 25.1 Å².